The fourth-order valence-corrected chi connectivity index (χ4v) is 1.90. The van der Waals surface area contributed by atoms with Gasteiger partial charge >= 0.3 is 0 Å². The summed E-state index contributed by atoms with van der Waals surface area (Å²) >= 11 is 5.96. The van der Waals surface area contributed by atoms with E-state index in [-0.39, 0.29) is 6.04 Å². The summed E-state index contributed by atoms with van der Waals surface area (Å²) in [6.45, 7) is 5.13. The van der Waals surface area contributed by atoms with Gasteiger partial charge in [0, 0.05) is 10.6 Å². The first-order valence-corrected chi connectivity index (χ1v) is 6.53. The molecule has 18 heavy (non-hydrogen) atoms. The summed E-state index contributed by atoms with van der Waals surface area (Å²) in [5, 5.41) is 4.04. The van der Waals surface area contributed by atoms with Crippen molar-refractivity contribution in [2.45, 2.75) is 26.3 Å². The Morgan fingerprint density at radius 1 is 1.44 bits per heavy atom. The Morgan fingerprint density at radius 3 is 3.00 bits per heavy atom. The number of benzene rings is 1. The summed E-state index contributed by atoms with van der Waals surface area (Å²) in [5.41, 5.74) is 0.948. The number of nitrogens with zero attached hydrogens (tertiary/aromatic N) is 1. The van der Waals surface area contributed by atoms with Crippen LogP contribution < -0.4 is 5.32 Å². The highest BCUT2D eigenvalue weighted by Gasteiger charge is 2.12. The molecule has 0 fully saturated rings. The van der Waals surface area contributed by atoms with E-state index in [1.165, 1.54) is 0 Å². The molecule has 0 spiro atoms. The van der Waals surface area contributed by atoms with Crippen molar-refractivity contribution in [3.05, 3.63) is 41.4 Å². The molecule has 0 aliphatic heterocycles. The molecule has 3 nitrogen and oxygen atoms in total. The third-order valence-electron chi connectivity index (χ3n) is 2.70. The average Bonchev–Trinajstić information content (AvgIpc) is 2.85. The Labute approximate surface area is 112 Å². The molecule has 1 heterocycles. The highest BCUT2D eigenvalue weighted by Crippen LogP contribution is 2.25. The van der Waals surface area contributed by atoms with E-state index in [9.17, 15) is 0 Å². The van der Waals surface area contributed by atoms with Crippen LogP contribution in [0.25, 0.3) is 11.3 Å². The number of hydrogen-bond donors (Lipinski definition) is 1. The molecular formula is C14H17ClN2O. The smallest absolute Gasteiger partial charge is 0.211 e. The SMILES string of the molecule is CCCNC(C)c1ncc(-c2cccc(Cl)c2)o1. The molecule has 0 amide bonds. The van der Waals surface area contributed by atoms with Gasteiger partial charge in [-0.3, -0.25) is 0 Å². The zero-order valence-corrected chi connectivity index (χ0v) is 11.4. The maximum atomic E-state index is 5.96. The standard InChI is InChI=1S/C14H17ClN2O/c1-3-7-16-10(2)14-17-9-13(18-14)11-5-4-6-12(15)8-11/h4-6,8-10,16H,3,7H2,1-2H3. The maximum absolute atomic E-state index is 5.96. The quantitative estimate of drug-likeness (QED) is 0.885. The molecule has 0 saturated carbocycles. The molecule has 4 heteroatoms. The second kappa shape index (κ2) is 6.03. The topological polar surface area (TPSA) is 38.1 Å². The number of halogens is 1. The Balaban J connectivity index is 2.15. The molecule has 1 aromatic carbocycles. The van der Waals surface area contributed by atoms with Crippen LogP contribution in [0.15, 0.2) is 34.9 Å². The Hall–Kier alpha value is -1.32. The molecule has 1 N–H and O–H groups in total. The van der Waals surface area contributed by atoms with Gasteiger partial charge < -0.3 is 9.73 Å². The minimum atomic E-state index is 0.123. The van der Waals surface area contributed by atoms with E-state index < -0.39 is 0 Å². The molecule has 0 aliphatic carbocycles. The van der Waals surface area contributed by atoms with E-state index in [4.69, 9.17) is 16.0 Å². The maximum Gasteiger partial charge on any atom is 0.211 e. The zero-order valence-electron chi connectivity index (χ0n) is 10.6. The van der Waals surface area contributed by atoms with Gasteiger partial charge in [-0.05, 0) is 32.0 Å². The fourth-order valence-electron chi connectivity index (χ4n) is 1.71. The highest BCUT2D eigenvalue weighted by atomic mass is 35.5. The molecule has 2 aromatic rings. The monoisotopic (exact) mass is 264 g/mol. The van der Waals surface area contributed by atoms with Crippen LogP contribution in [0.3, 0.4) is 0 Å². The van der Waals surface area contributed by atoms with Crippen molar-refractivity contribution in [2.75, 3.05) is 6.54 Å². The molecular weight excluding hydrogens is 248 g/mol. The van der Waals surface area contributed by atoms with Gasteiger partial charge in [-0.2, -0.15) is 0 Å². The first kappa shape index (κ1) is 13.1. The van der Waals surface area contributed by atoms with Gasteiger partial charge in [-0.25, -0.2) is 4.98 Å². The van der Waals surface area contributed by atoms with E-state index in [0.29, 0.717) is 10.9 Å². The molecule has 1 unspecified atom stereocenters. The van der Waals surface area contributed by atoms with Crippen LogP contribution >= 0.6 is 11.6 Å². The van der Waals surface area contributed by atoms with E-state index in [1.807, 2.05) is 31.2 Å². The Morgan fingerprint density at radius 2 is 2.28 bits per heavy atom. The predicted octanol–water partition coefficient (Wildman–Crippen LogP) is 4.06. The van der Waals surface area contributed by atoms with Crippen molar-refractivity contribution in [1.82, 2.24) is 10.3 Å². The van der Waals surface area contributed by atoms with Crippen molar-refractivity contribution in [3.8, 4) is 11.3 Å². The Bertz CT molecular complexity index is 510. The zero-order chi connectivity index (χ0) is 13.0. The van der Waals surface area contributed by atoms with Gasteiger partial charge in [0.25, 0.3) is 0 Å². The number of oxazole rings is 1. The van der Waals surface area contributed by atoms with Gasteiger partial charge in [0.15, 0.2) is 5.76 Å². The molecule has 0 bridgehead atoms. The molecule has 1 aromatic heterocycles. The third kappa shape index (κ3) is 3.12. The van der Waals surface area contributed by atoms with E-state index in [2.05, 4.69) is 17.2 Å². The van der Waals surface area contributed by atoms with Gasteiger partial charge in [-0.1, -0.05) is 30.7 Å². The van der Waals surface area contributed by atoms with Gasteiger partial charge in [-0.15, -0.1) is 0 Å². The second-order valence-electron chi connectivity index (χ2n) is 4.25. The first-order valence-electron chi connectivity index (χ1n) is 6.15. The first-order chi connectivity index (χ1) is 8.70. The van der Waals surface area contributed by atoms with E-state index in [0.717, 1.165) is 24.3 Å². The number of rotatable bonds is 5. The molecule has 1 atom stereocenters. The van der Waals surface area contributed by atoms with Crippen LogP contribution in [-0.2, 0) is 0 Å². The van der Waals surface area contributed by atoms with Gasteiger partial charge in [0.2, 0.25) is 5.89 Å². The number of nitrogens with one attached hydrogen (secondary N) is 1. The van der Waals surface area contributed by atoms with Crippen LogP contribution in [0.4, 0.5) is 0 Å². The minimum absolute atomic E-state index is 0.123. The lowest BCUT2D eigenvalue weighted by molar-refractivity contribution is 0.423. The molecule has 0 aliphatic rings. The van der Waals surface area contributed by atoms with Crippen molar-refractivity contribution in [1.29, 1.82) is 0 Å². The Kier molecular flexibility index (Phi) is 4.39. The summed E-state index contributed by atoms with van der Waals surface area (Å²) in [4.78, 5) is 4.30. The lowest BCUT2D eigenvalue weighted by atomic mass is 10.2. The van der Waals surface area contributed by atoms with Crippen molar-refractivity contribution in [2.24, 2.45) is 0 Å². The normalized spacial score (nSPS) is 12.6. The van der Waals surface area contributed by atoms with Crippen molar-refractivity contribution >= 4 is 11.6 Å². The highest BCUT2D eigenvalue weighted by molar-refractivity contribution is 6.30. The summed E-state index contributed by atoms with van der Waals surface area (Å²) < 4.78 is 5.75. The molecule has 0 radical (unpaired) electrons. The number of hydrogen-bond acceptors (Lipinski definition) is 3. The van der Waals surface area contributed by atoms with Crippen LogP contribution in [0.2, 0.25) is 5.02 Å². The van der Waals surface area contributed by atoms with E-state index >= 15 is 0 Å². The number of aromatic nitrogens is 1. The predicted molar refractivity (Wildman–Crippen MR) is 73.7 cm³/mol. The van der Waals surface area contributed by atoms with Crippen LogP contribution in [0.5, 0.6) is 0 Å². The van der Waals surface area contributed by atoms with Crippen LogP contribution in [0, 0.1) is 0 Å². The molecule has 2 rings (SSSR count). The molecule has 96 valence electrons. The summed E-state index contributed by atoms with van der Waals surface area (Å²) in [7, 11) is 0. The van der Waals surface area contributed by atoms with Crippen LogP contribution in [-0.4, -0.2) is 11.5 Å². The lowest BCUT2D eigenvalue weighted by Gasteiger charge is -2.08. The summed E-state index contributed by atoms with van der Waals surface area (Å²) in [6.07, 6.45) is 2.83. The van der Waals surface area contributed by atoms with Crippen molar-refractivity contribution in [3.63, 3.8) is 0 Å². The van der Waals surface area contributed by atoms with Crippen LogP contribution in [0.1, 0.15) is 32.2 Å². The second-order valence-corrected chi connectivity index (χ2v) is 4.69. The minimum Gasteiger partial charge on any atom is -0.439 e. The molecule has 0 saturated heterocycles. The largest absolute Gasteiger partial charge is 0.439 e. The van der Waals surface area contributed by atoms with Gasteiger partial charge in [0.1, 0.15) is 0 Å². The average molecular weight is 265 g/mol. The van der Waals surface area contributed by atoms with Crippen molar-refractivity contribution < 1.29 is 4.42 Å². The third-order valence-corrected chi connectivity index (χ3v) is 2.94. The summed E-state index contributed by atoms with van der Waals surface area (Å²) in [5.74, 6) is 1.45. The van der Waals surface area contributed by atoms with E-state index in [1.54, 1.807) is 6.20 Å². The summed E-state index contributed by atoms with van der Waals surface area (Å²) in [6, 6.07) is 7.70. The van der Waals surface area contributed by atoms with Gasteiger partial charge in [0.05, 0.1) is 12.2 Å². The lowest BCUT2D eigenvalue weighted by Crippen LogP contribution is -2.19. The fraction of sp³-hybridized carbons (Fsp3) is 0.357.